The van der Waals surface area contributed by atoms with Gasteiger partial charge in [0.05, 0.1) is 0 Å². The van der Waals surface area contributed by atoms with Crippen molar-refractivity contribution in [3.05, 3.63) is 22.3 Å². The molecule has 1 aliphatic rings. The molecule has 0 unspecified atom stereocenters. The molecule has 1 aromatic rings. The molecule has 1 aromatic heterocycles. The lowest BCUT2D eigenvalue weighted by Gasteiger charge is -2.25. The van der Waals surface area contributed by atoms with Crippen molar-refractivity contribution < 1.29 is 0 Å². The molecule has 0 atom stereocenters. The largest absolute Gasteiger partial charge is 0.355 e. The Hall–Kier alpha value is -0.260. The van der Waals surface area contributed by atoms with Crippen molar-refractivity contribution >= 4 is 33.5 Å². The second-order valence-corrected chi connectivity index (χ2v) is 8.88. The topological polar surface area (TPSA) is 28.2 Å². The highest BCUT2D eigenvalue weighted by Gasteiger charge is 2.25. The molecule has 21 heavy (non-hydrogen) atoms. The van der Waals surface area contributed by atoms with Gasteiger partial charge in [0.2, 0.25) is 0 Å². The van der Waals surface area contributed by atoms with E-state index in [4.69, 9.17) is 4.98 Å². The van der Waals surface area contributed by atoms with Crippen LogP contribution in [0.3, 0.4) is 0 Å². The van der Waals surface area contributed by atoms with Gasteiger partial charge in [0.1, 0.15) is 5.82 Å². The average molecular weight is 372 g/mol. The van der Waals surface area contributed by atoms with Crippen molar-refractivity contribution in [2.75, 3.05) is 30.3 Å². The third-order valence-electron chi connectivity index (χ3n) is 3.79. The first-order valence-electron chi connectivity index (χ1n) is 7.76. The Morgan fingerprint density at radius 3 is 3.00 bits per heavy atom. The summed E-state index contributed by atoms with van der Waals surface area (Å²) in [5, 5.41) is 3.50. The van der Waals surface area contributed by atoms with E-state index in [2.05, 4.69) is 64.7 Å². The molecule has 0 aliphatic carbocycles. The van der Waals surface area contributed by atoms with E-state index < -0.39 is 0 Å². The summed E-state index contributed by atoms with van der Waals surface area (Å²) in [5.41, 5.74) is 1.29. The van der Waals surface area contributed by atoms with Crippen molar-refractivity contribution in [1.82, 2.24) is 10.3 Å². The average Bonchev–Trinajstić information content (AvgIpc) is 2.60. The number of anilines is 1. The molecule has 0 amide bonds. The quantitative estimate of drug-likeness (QED) is 0.789. The van der Waals surface area contributed by atoms with Crippen LogP contribution in [0.25, 0.3) is 0 Å². The van der Waals surface area contributed by atoms with E-state index in [0.29, 0.717) is 4.75 Å². The number of nitrogens with one attached hydrogen (secondary N) is 1. The molecular formula is C16H26BrN3S. The minimum absolute atomic E-state index is 0.380. The van der Waals surface area contributed by atoms with E-state index >= 15 is 0 Å². The lowest BCUT2D eigenvalue weighted by molar-refractivity contribution is 0.629. The van der Waals surface area contributed by atoms with Crippen molar-refractivity contribution in [2.24, 2.45) is 0 Å². The van der Waals surface area contributed by atoms with E-state index in [0.717, 1.165) is 42.9 Å². The number of hydrogen-bond donors (Lipinski definition) is 1. The van der Waals surface area contributed by atoms with Crippen LogP contribution >= 0.6 is 27.7 Å². The van der Waals surface area contributed by atoms with Gasteiger partial charge in [-0.15, -0.1) is 0 Å². The van der Waals surface area contributed by atoms with Crippen molar-refractivity contribution in [1.29, 1.82) is 0 Å². The second kappa shape index (κ2) is 7.84. The molecular weight excluding hydrogens is 346 g/mol. The van der Waals surface area contributed by atoms with Gasteiger partial charge in [-0.2, -0.15) is 11.8 Å². The van der Waals surface area contributed by atoms with Crippen molar-refractivity contribution in [3.63, 3.8) is 0 Å². The predicted molar refractivity (Wildman–Crippen MR) is 97.3 cm³/mol. The summed E-state index contributed by atoms with van der Waals surface area (Å²) in [6.45, 7) is 11.0. The molecule has 1 N–H and O–H groups in total. The summed E-state index contributed by atoms with van der Waals surface area (Å²) >= 11 is 5.63. The zero-order valence-corrected chi connectivity index (χ0v) is 15.7. The summed E-state index contributed by atoms with van der Waals surface area (Å²) < 4.78 is 1.44. The molecule has 5 heteroatoms. The minimum Gasteiger partial charge on any atom is -0.355 e. The van der Waals surface area contributed by atoms with Gasteiger partial charge < -0.3 is 10.2 Å². The highest BCUT2D eigenvalue weighted by Crippen LogP contribution is 2.33. The van der Waals surface area contributed by atoms with Gasteiger partial charge in [0.15, 0.2) is 0 Å². The number of hydrogen-bond acceptors (Lipinski definition) is 4. The molecule has 2 rings (SSSR count). The highest BCUT2D eigenvalue weighted by atomic mass is 79.9. The van der Waals surface area contributed by atoms with E-state index in [1.165, 1.54) is 17.7 Å². The maximum atomic E-state index is 4.70. The smallest absolute Gasteiger partial charge is 0.133 e. The van der Waals surface area contributed by atoms with Gasteiger partial charge in [0.25, 0.3) is 0 Å². The van der Waals surface area contributed by atoms with Gasteiger partial charge in [-0.1, -0.05) is 20.8 Å². The van der Waals surface area contributed by atoms with Gasteiger partial charge in [0, 0.05) is 46.4 Å². The van der Waals surface area contributed by atoms with Crippen LogP contribution in [-0.4, -0.2) is 35.1 Å². The Kier molecular flexibility index (Phi) is 6.38. The van der Waals surface area contributed by atoms with Crippen LogP contribution in [0.5, 0.6) is 0 Å². The first-order chi connectivity index (χ1) is 10.0. The number of thioether (sulfide) groups is 1. The van der Waals surface area contributed by atoms with Crippen LogP contribution in [0.1, 0.15) is 39.2 Å². The lowest BCUT2D eigenvalue weighted by atomic mass is 10.1. The van der Waals surface area contributed by atoms with Crippen LogP contribution in [0.4, 0.5) is 5.82 Å². The van der Waals surface area contributed by atoms with Crippen LogP contribution in [0, 0.1) is 0 Å². The molecule has 0 radical (unpaired) electrons. The van der Waals surface area contributed by atoms with Gasteiger partial charge in [-0.25, -0.2) is 4.98 Å². The maximum Gasteiger partial charge on any atom is 0.133 e. The fourth-order valence-corrected chi connectivity index (χ4v) is 4.00. The minimum atomic E-state index is 0.380. The predicted octanol–water partition coefficient (Wildman–Crippen LogP) is 4.07. The number of nitrogens with zero attached hydrogens (tertiary/aromatic N) is 2. The zero-order valence-electron chi connectivity index (χ0n) is 13.3. The number of aromatic nitrogens is 1. The van der Waals surface area contributed by atoms with E-state index in [9.17, 15) is 0 Å². The zero-order chi connectivity index (χ0) is 15.3. The second-order valence-electron chi connectivity index (χ2n) is 6.16. The molecule has 2 heterocycles. The molecule has 0 aromatic carbocycles. The van der Waals surface area contributed by atoms with E-state index in [-0.39, 0.29) is 0 Å². The Labute approximate surface area is 141 Å². The van der Waals surface area contributed by atoms with E-state index in [1.807, 2.05) is 6.20 Å². The van der Waals surface area contributed by atoms with Crippen LogP contribution in [0.15, 0.2) is 16.7 Å². The standard InChI is InChI=1S/C16H26BrN3S/c1-4-6-18-11-13-10-14(17)12-19-15(13)20-7-5-16(2,3)21-9-8-20/h10,12,18H,4-9,11H2,1-3H3. The van der Waals surface area contributed by atoms with Crippen LogP contribution < -0.4 is 10.2 Å². The molecule has 1 aliphatic heterocycles. The fourth-order valence-electron chi connectivity index (χ4n) is 2.52. The summed E-state index contributed by atoms with van der Waals surface area (Å²) in [6, 6.07) is 2.20. The number of halogens is 1. The maximum absolute atomic E-state index is 4.70. The molecule has 0 bridgehead atoms. The first kappa shape index (κ1) is 17.1. The third-order valence-corrected chi connectivity index (χ3v) is 5.60. The summed E-state index contributed by atoms with van der Waals surface area (Å²) in [6.07, 6.45) is 4.28. The summed E-state index contributed by atoms with van der Waals surface area (Å²) in [4.78, 5) is 7.16. The Bertz CT molecular complexity index is 465. The SMILES string of the molecule is CCCNCc1cc(Br)cnc1N1CCSC(C)(C)CC1. The van der Waals surface area contributed by atoms with Gasteiger partial charge >= 0.3 is 0 Å². The number of rotatable bonds is 5. The highest BCUT2D eigenvalue weighted by molar-refractivity contribution is 9.10. The van der Waals surface area contributed by atoms with Crippen LogP contribution in [0.2, 0.25) is 0 Å². The monoisotopic (exact) mass is 371 g/mol. The number of pyridine rings is 1. The normalized spacial score (nSPS) is 18.6. The summed E-state index contributed by atoms with van der Waals surface area (Å²) in [5.74, 6) is 2.33. The Morgan fingerprint density at radius 2 is 2.24 bits per heavy atom. The van der Waals surface area contributed by atoms with Crippen molar-refractivity contribution in [2.45, 2.75) is 44.9 Å². The van der Waals surface area contributed by atoms with E-state index in [1.54, 1.807) is 0 Å². The molecule has 118 valence electrons. The fraction of sp³-hybridized carbons (Fsp3) is 0.688. The Morgan fingerprint density at radius 1 is 1.43 bits per heavy atom. The Balaban J connectivity index is 2.13. The molecule has 0 saturated carbocycles. The molecule has 1 saturated heterocycles. The van der Waals surface area contributed by atoms with Crippen molar-refractivity contribution in [3.8, 4) is 0 Å². The van der Waals surface area contributed by atoms with Gasteiger partial charge in [-0.3, -0.25) is 0 Å². The van der Waals surface area contributed by atoms with Gasteiger partial charge in [-0.05, 0) is 41.4 Å². The lowest BCUT2D eigenvalue weighted by Crippen LogP contribution is -2.29. The molecule has 3 nitrogen and oxygen atoms in total. The third kappa shape index (κ3) is 5.15. The molecule has 0 spiro atoms. The van der Waals surface area contributed by atoms with Crippen LogP contribution in [-0.2, 0) is 6.54 Å². The summed E-state index contributed by atoms with van der Waals surface area (Å²) in [7, 11) is 0. The first-order valence-corrected chi connectivity index (χ1v) is 9.54. The molecule has 1 fully saturated rings.